The van der Waals surface area contributed by atoms with E-state index in [1.54, 1.807) is 6.07 Å². The van der Waals surface area contributed by atoms with E-state index in [1.807, 2.05) is 18.2 Å². The van der Waals surface area contributed by atoms with Crippen LogP contribution in [-0.4, -0.2) is 19.9 Å². The summed E-state index contributed by atoms with van der Waals surface area (Å²) >= 11 is 0. The van der Waals surface area contributed by atoms with Crippen LogP contribution in [0.2, 0.25) is 0 Å². The van der Waals surface area contributed by atoms with Crippen LogP contribution in [0.5, 0.6) is 0 Å². The normalized spacial score (nSPS) is 11.9. The minimum Gasteiger partial charge on any atom is -0.441 e. The van der Waals surface area contributed by atoms with Crippen LogP contribution in [0.1, 0.15) is 5.89 Å². The summed E-state index contributed by atoms with van der Waals surface area (Å²) in [5, 5.41) is 0. The molecule has 22 heavy (non-hydrogen) atoms. The van der Waals surface area contributed by atoms with Crippen LogP contribution < -0.4 is 4.72 Å². The van der Waals surface area contributed by atoms with Gasteiger partial charge >= 0.3 is 0 Å². The van der Waals surface area contributed by atoms with Crippen LogP contribution in [0, 0.1) is 5.82 Å². The van der Waals surface area contributed by atoms with Crippen LogP contribution in [0.3, 0.4) is 0 Å². The minimum atomic E-state index is -3.66. The van der Waals surface area contributed by atoms with E-state index in [9.17, 15) is 12.8 Å². The maximum Gasteiger partial charge on any atom is 0.240 e. The van der Waals surface area contributed by atoms with Crippen molar-refractivity contribution in [3.05, 3.63) is 60.2 Å². The molecule has 114 valence electrons. The van der Waals surface area contributed by atoms with Crippen molar-refractivity contribution in [1.29, 1.82) is 0 Å². The highest BCUT2D eigenvalue weighted by molar-refractivity contribution is 7.89. The molecule has 1 N–H and O–H groups in total. The third-order valence-electron chi connectivity index (χ3n) is 3.09. The standard InChI is InChI=1S/C15H13FN2O3S/c16-11-5-7-12(8-6-11)22(19,20)17-10-9-15-18-13-3-1-2-4-14(13)21-15/h1-8,17H,9-10H2. The van der Waals surface area contributed by atoms with Crippen LogP contribution in [0.25, 0.3) is 11.1 Å². The van der Waals surface area contributed by atoms with E-state index in [1.165, 1.54) is 12.1 Å². The largest absolute Gasteiger partial charge is 0.441 e. The molecule has 0 bridgehead atoms. The average molecular weight is 320 g/mol. The van der Waals surface area contributed by atoms with Gasteiger partial charge in [-0.25, -0.2) is 22.5 Å². The lowest BCUT2D eigenvalue weighted by atomic mass is 10.3. The Kier molecular flexibility index (Phi) is 3.91. The number of oxazole rings is 1. The molecule has 0 aliphatic carbocycles. The number of nitrogens with one attached hydrogen (secondary N) is 1. The Balaban J connectivity index is 1.65. The fourth-order valence-corrected chi connectivity index (χ4v) is 3.05. The molecule has 1 heterocycles. The van der Waals surface area contributed by atoms with E-state index in [4.69, 9.17) is 4.42 Å². The lowest BCUT2D eigenvalue weighted by Crippen LogP contribution is -2.26. The lowest BCUT2D eigenvalue weighted by molar-refractivity contribution is 0.523. The Labute approximate surface area is 126 Å². The van der Waals surface area contributed by atoms with Gasteiger partial charge in [0.05, 0.1) is 4.90 Å². The Morgan fingerprint density at radius 3 is 2.55 bits per heavy atom. The second kappa shape index (κ2) is 5.86. The number of para-hydroxylation sites is 2. The molecule has 0 atom stereocenters. The molecule has 3 rings (SSSR count). The molecule has 7 heteroatoms. The predicted octanol–water partition coefficient (Wildman–Crippen LogP) is 2.49. The number of rotatable bonds is 5. The van der Waals surface area contributed by atoms with Gasteiger partial charge in [0.25, 0.3) is 0 Å². The first kappa shape index (κ1) is 14.7. The Bertz CT molecular complexity index is 856. The highest BCUT2D eigenvalue weighted by Crippen LogP contribution is 2.15. The van der Waals surface area contributed by atoms with Crippen molar-refractivity contribution in [3.8, 4) is 0 Å². The first-order valence-corrected chi connectivity index (χ1v) is 8.13. The van der Waals surface area contributed by atoms with Gasteiger partial charge in [0.15, 0.2) is 11.5 Å². The van der Waals surface area contributed by atoms with Crippen LogP contribution in [-0.2, 0) is 16.4 Å². The van der Waals surface area contributed by atoms with Crippen LogP contribution >= 0.6 is 0 Å². The average Bonchev–Trinajstić information content (AvgIpc) is 2.90. The molecule has 0 aliphatic rings. The van der Waals surface area contributed by atoms with E-state index in [2.05, 4.69) is 9.71 Å². The molecule has 0 spiro atoms. The van der Waals surface area contributed by atoms with Crippen molar-refractivity contribution in [2.24, 2.45) is 0 Å². The molecule has 0 saturated heterocycles. The molecule has 0 amide bonds. The van der Waals surface area contributed by atoms with Crippen molar-refractivity contribution in [2.45, 2.75) is 11.3 Å². The molecule has 0 radical (unpaired) electrons. The Morgan fingerprint density at radius 1 is 1.09 bits per heavy atom. The molecule has 3 aromatic rings. The summed E-state index contributed by atoms with van der Waals surface area (Å²) in [6.07, 6.45) is 0.328. The third-order valence-corrected chi connectivity index (χ3v) is 4.57. The van der Waals surface area contributed by atoms with Gasteiger partial charge in [-0.05, 0) is 36.4 Å². The molecular formula is C15H13FN2O3S. The van der Waals surface area contributed by atoms with E-state index in [-0.39, 0.29) is 11.4 Å². The monoisotopic (exact) mass is 320 g/mol. The summed E-state index contributed by atoms with van der Waals surface area (Å²) in [7, 11) is -3.66. The summed E-state index contributed by atoms with van der Waals surface area (Å²) in [4.78, 5) is 4.29. The van der Waals surface area contributed by atoms with Gasteiger partial charge in [-0.15, -0.1) is 0 Å². The molecule has 1 aromatic heterocycles. The number of nitrogens with zero attached hydrogens (tertiary/aromatic N) is 1. The van der Waals surface area contributed by atoms with Crippen molar-refractivity contribution in [3.63, 3.8) is 0 Å². The molecule has 0 fully saturated rings. The number of aromatic nitrogens is 1. The fourth-order valence-electron chi connectivity index (χ4n) is 2.02. The molecule has 5 nitrogen and oxygen atoms in total. The molecule has 0 unspecified atom stereocenters. The summed E-state index contributed by atoms with van der Waals surface area (Å²) < 4.78 is 44.8. The first-order chi connectivity index (χ1) is 10.5. The smallest absolute Gasteiger partial charge is 0.240 e. The van der Waals surface area contributed by atoms with Gasteiger partial charge in [0, 0.05) is 13.0 Å². The number of halogens is 1. The van der Waals surface area contributed by atoms with Crippen LogP contribution in [0.4, 0.5) is 4.39 Å². The Morgan fingerprint density at radius 2 is 1.82 bits per heavy atom. The number of hydrogen-bond donors (Lipinski definition) is 1. The van der Waals surface area contributed by atoms with Gasteiger partial charge in [-0.3, -0.25) is 0 Å². The van der Waals surface area contributed by atoms with Gasteiger partial charge in [0.1, 0.15) is 11.3 Å². The maximum absolute atomic E-state index is 12.8. The van der Waals surface area contributed by atoms with Crippen molar-refractivity contribution in [1.82, 2.24) is 9.71 Å². The topological polar surface area (TPSA) is 72.2 Å². The maximum atomic E-state index is 12.8. The summed E-state index contributed by atoms with van der Waals surface area (Å²) in [6, 6.07) is 12.0. The highest BCUT2D eigenvalue weighted by Gasteiger charge is 2.14. The Hall–Kier alpha value is -2.25. The molecule has 0 aliphatic heterocycles. The predicted molar refractivity (Wildman–Crippen MR) is 79.3 cm³/mol. The van der Waals surface area contributed by atoms with Gasteiger partial charge in [-0.1, -0.05) is 12.1 Å². The summed E-state index contributed by atoms with van der Waals surface area (Å²) in [5.41, 5.74) is 1.40. The molecular weight excluding hydrogens is 307 g/mol. The van der Waals surface area contributed by atoms with Crippen LogP contribution in [0.15, 0.2) is 57.8 Å². The molecule has 0 saturated carbocycles. The lowest BCUT2D eigenvalue weighted by Gasteiger charge is -2.05. The molecule has 2 aromatic carbocycles. The zero-order valence-corrected chi connectivity index (χ0v) is 12.3. The minimum absolute atomic E-state index is 0.0199. The van der Waals surface area contributed by atoms with Crippen molar-refractivity contribution >= 4 is 21.1 Å². The summed E-state index contributed by atoms with van der Waals surface area (Å²) in [6.45, 7) is 0.145. The van der Waals surface area contributed by atoms with Gasteiger partial charge < -0.3 is 4.42 Å². The van der Waals surface area contributed by atoms with E-state index >= 15 is 0 Å². The SMILES string of the molecule is O=S(=O)(NCCc1nc2ccccc2o1)c1ccc(F)cc1. The zero-order valence-electron chi connectivity index (χ0n) is 11.5. The van der Waals surface area contributed by atoms with Crippen molar-refractivity contribution in [2.75, 3.05) is 6.54 Å². The quantitative estimate of drug-likeness (QED) is 0.784. The van der Waals surface area contributed by atoms with E-state index < -0.39 is 15.8 Å². The van der Waals surface area contributed by atoms with E-state index in [0.29, 0.717) is 17.9 Å². The third kappa shape index (κ3) is 3.15. The first-order valence-electron chi connectivity index (χ1n) is 6.64. The summed E-state index contributed by atoms with van der Waals surface area (Å²) in [5.74, 6) is -0.0200. The second-order valence-corrected chi connectivity index (χ2v) is 6.44. The highest BCUT2D eigenvalue weighted by atomic mass is 32.2. The second-order valence-electron chi connectivity index (χ2n) is 4.68. The number of benzene rings is 2. The number of fused-ring (bicyclic) bond motifs is 1. The fraction of sp³-hybridized carbons (Fsp3) is 0.133. The van der Waals surface area contributed by atoms with Gasteiger partial charge in [0.2, 0.25) is 10.0 Å². The van der Waals surface area contributed by atoms with Crippen molar-refractivity contribution < 1.29 is 17.2 Å². The van der Waals surface area contributed by atoms with Gasteiger partial charge in [-0.2, -0.15) is 0 Å². The zero-order chi connectivity index (χ0) is 15.6. The number of sulfonamides is 1. The van der Waals surface area contributed by atoms with E-state index in [0.717, 1.165) is 17.6 Å². The number of hydrogen-bond acceptors (Lipinski definition) is 4.